The van der Waals surface area contributed by atoms with Crippen LogP contribution < -0.4 is 11.5 Å². The number of nitrogens with two attached hydrogens (primary N) is 2. The minimum Gasteiger partial charge on any atom is -0.368 e. The van der Waals surface area contributed by atoms with E-state index in [9.17, 15) is 9.59 Å². The molecule has 0 aliphatic rings. The highest BCUT2D eigenvalue weighted by atomic mass is 16.2. The third kappa shape index (κ3) is 6.40. The molecule has 0 heterocycles. The summed E-state index contributed by atoms with van der Waals surface area (Å²) in [5.41, 5.74) is 10.7. The summed E-state index contributed by atoms with van der Waals surface area (Å²) in [5.74, 6) is -0.510. The molecule has 0 radical (unpaired) electrons. The van der Waals surface area contributed by atoms with Crippen LogP contribution >= 0.6 is 0 Å². The lowest BCUT2D eigenvalue weighted by Crippen LogP contribution is -2.42. The lowest BCUT2D eigenvalue weighted by Gasteiger charge is -2.25. The van der Waals surface area contributed by atoms with Crippen LogP contribution in [-0.2, 0) is 9.59 Å². The molecule has 4 N–H and O–H groups in total. The highest BCUT2D eigenvalue weighted by molar-refractivity contribution is 5.84. The Morgan fingerprint density at radius 2 is 1.81 bits per heavy atom. The van der Waals surface area contributed by atoms with E-state index in [1.807, 2.05) is 20.8 Å². The second-order valence-corrected chi connectivity index (χ2v) is 4.45. The molecule has 94 valence electrons. The summed E-state index contributed by atoms with van der Waals surface area (Å²) in [6, 6.07) is 0.103. The van der Waals surface area contributed by atoms with Crippen molar-refractivity contribution >= 4 is 11.8 Å². The second kappa shape index (κ2) is 7.22. The summed E-state index contributed by atoms with van der Waals surface area (Å²) in [7, 11) is 0. The van der Waals surface area contributed by atoms with Crippen LogP contribution in [0.25, 0.3) is 0 Å². The van der Waals surface area contributed by atoms with E-state index < -0.39 is 5.91 Å². The third-order valence-corrected chi connectivity index (χ3v) is 2.32. The molecule has 5 heteroatoms. The largest absolute Gasteiger partial charge is 0.368 e. The number of carbonyl (C=O) groups excluding carboxylic acids is 2. The number of hydrogen-bond donors (Lipinski definition) is 2. The van der Waals surface area contributed by atoms with Gasteiger partial charge in [0.2, 0.25) is 11.8 Å². The molecule has 0 aromatic heterocycles. The fraction of sp³-hybridized carbons (Fsp3) is 0.818. The summed E-state index contributed by atoms with van der Waals surface area (Å²) in [5, 5.41) is 0. The molecule has 0 aromatic rings. The van der Waals surface area contributed by atoms with Crippen molar-refractivity contribution in [3.8, 4) is 0 Å². The molecule has 0 rings (SSSR count). The molecule has 0 fully saturated rings. The molecule has 0 saturated carbocycles. The van der Waals surface area contributed by atoms with Gasteiger partial charge in [-0.3, -0.25) is 9.59 Å². The van der Waals surface area contributed by atoms with Crippen molar-refractivity contribution in [3.05, 3.63) is 0 Å². The summed E-state index contributed by atoms with van der Waals surface area (Å²) in [4.78, 5) is 24.1. The van der Waals surface area contributed by atoms with E-state index in [-0.39, 0.29) is 24.5 Å². The summed E-state index contributed by atoms with van der Waals surface area (Å²) in [6.07, 6.45) is 1.99. The van der Waals surface area contributed by atoms with Gasteiger partial charge in [-0.05, 0) is 33.6 Å². The Morgan fingerprint density at radius 1 is 1.25 bits per heavy atom. The molecule has 16 heavy (non-hydrogen) atoms. The Balaban J connectivity index is 4.12. The van der Waals surface area contributed by atoms with Crippen molar-refractivity contribution < 1.29 is 9.59 Å². The molecule has 5 nitrogen and oxygen atoms in total. The van der Waals surface area contributed by atoms with Crippen LogP contribution in [0.5, 0.6) is 0 Å². The SMILES string of the molecule is CC(N)CCCC(=O)N(CC(N)=O)C(C)C. The number of carbonyl (C=O) groups is 2. The Hall–Kier alpha value is -1.10. The molecule has 1 unspecified atom stereocenters. The first kappa shape index (κ1) is 14.9. The lowest BCUT2D eigenvalue weighted by molar-refractivity contribution is -0.137. The Morgan fingerprint density at radius 3 is 2.19 bits per heavy atom. The normalized spacial score (nSPS) is 12.6. The standard InChI is InChI=1S/C11H23N3O2/c1-8(2)14(7-10(13)15)11(16)6-4-5-9(3)12/h8-9H,4-7,12H2,1-3H3,(H2,13,15). The van der Waals surface area contributed by atoms with Crippen molar-refractivity contribution in [2.24, 2.45) is 11.5 Å². The molecule has 0 spiro atoms. The van der Waals surface area contributed by atoms with E-state index in [2.05, 4.69) is 0 Å². The first-order valence-corrected chi connectivity index (χ1v) is 5.68. The molecule has 0 aliphatic heterocycles. The van der Waals surface area contributed by atoms with Crippen LogP contribution in [-0.4, -0.2) is 35.3 Å². The maximum Gasteiger partial charge on any atom is 0.237 e. The van der Waals surface area contributed by atoms with Crippen LogP contribution in [0.4, 0.5) is 0 Å². The zero-order valence-electron chi connectivity index (χ0n) is 10.4. The highest BCUT2D eigenvalue weighted by Crippen LogP contribution is 2.06. The molecule has 1 atom stereocenters. The minimum absolute atomic E-state index is 0.00435. The molecule has 0 aliphatic carbocycles. The van der Waals surface area contributed by atoms with Gasteiger partial charge in [0.25, 0.3) is 0 Å². The van der Waals surface area contributed by atoms with E-state index in [1.54, 1.807) is 0 Å². The van der Waals surface area contributed by atoms with E-state index in [4.69, 9.17) is 11.5 Å². The van der Waals surface area contributed by atoms with Gasteiger partial charge in [-0.2, -0.15) is 0 Å². The predicted molar refractivity (Wildman–Crippen MR) is 63.5 cm³/mol. The van der Waals surface area contributed by atoms with Gasteiger partial charge >= 0.3 is 0 Å². The fourth-order valence-electron chi connectivity index (χ4n) is 1.45. The first-order chi connectivity index (χ1) is 7.34. The number of primary amides is 1. The van der Waals surface area contributed by atoms with Gasteiger partial charge in [0.1, 0.15) is 0 Å². The van der Waals surface area contributed by atoms with E-state index in [1.165, 1.54) is 4.90 Å². The fourth-order valence-corrected chi connectivity index (χ4v) is 1.45. The van der Waals surface area contributed by atoms with E-state index >= 15 is 0 Å². The zero-order chi connectivity index (χ0) is 12.7. The van der Waals surface area contributed by atoms with E-state index in [0.717, 1.165) is 12.8 Å². The average molecular weight is 229 g/mol. The van der Waals surface area contributed by atoms with E-state index in [0.29, 0.717) is 6.42 Å². The van der Waals surface area contributed by atoms with Crippen LogP contribution in [0.2, 0.25) is 0 Å². The predicted octanol–water partition coefficient (Wildman–Crippen LogP) is 0.226. The molecule has 0 bridgehead atoms. The van der Waals surface area contributed by atoms with Crippen LogP contribution in [0.1, 0.15) is 40.0 Å². The van der Waals surface area contributed by atoms with Gasteiger partial charge in [-0.1, -0.05) is 0 Å². The van der Waals surface area contributed by atoms with Crippen molar-refractivity contribution in [2.45, 2.75) is 52.1 Å². The molecule has 0 saturated heterocycles. The van der Waals surface area contributed by atoms with Gasteiger partial charge in [-0.25, -0.2) is 0 Å². The minimum atomic E-state index is -0.478. The van der Waals surface area contributed by atoms with Gasteiger partial charge in [0, 0.05) is 18.5 Å². The van der Waals surface area contributed by atoms with Crippen molar-refractivity contribution in [1.29, 1.82) is 0 Å². The van der Waals surface area contributed by atoms with Crippen LogP contribution in [0.3, 0.4) is 0 Å². The third-order valence-electron chi connectivity index (χ3n) is 2.32. The zero-order valence-corrected chi connectivity index (χ0v) is 10.4. The highest BCUT2D eigenvalue weighted by Gasteiger charge is 2.18. The average Bonchev–Trinajstić information content (AvgIpc) is 2.12. The summed E-state index contributed by atoms with van der Waals surface area (Å²) < 4.78 is 0. The molecule has 2 amide bonds. The first-order valence-electron chi connectivity index (χ1n) is 5.68. The molecule has 0 aromatic carbocycles. The maximum atomic E-state index is 11.8. The second-order valence-electron chi connectivity index (χ2n) is 4.45. The Bertz CT molecular complexity index is 239. The van der Waals surface area contributed by atoms with Crippen LogP contribution in [0, 0.1) is 0 Å². The Labute approximate surface area is 97.2 Å². The topological polar surface area (TPSA) is 89.4 Å². The quantitative estimate of drug-likeness (QED) is 0.654. The Kier molecular flexibility index (Phi) is 6.72. The molecular weight excluding hydrogens is 206 g/mol. The number of amides is 2. The maximum absolute atomic E-state index is 11.8. The monoisotopic (exact) mass is 229 g/mol. The smallest absolute Gasteiger partial charge is 0.237 e. The lowest BCUT2D eigenvalue weighted by atomic mass is 10.1. The number of hydrogen-bond acceptors (Lipinski definition) is 3. The molecular formula is C11H23N3O2. The van der Waals surface area contributed by atoms with Gasteiger partial charge in [0.15, 0.2) is 0 Å². The summed E-state index contributed by atoms with van der Waals surface area (Å²) >= 11 is 0. The van der Waals surface area contributed by atoms with Crippen molar-refractivity contribution in [1.82, 2.24) is 4.90 Å². The van der Waals surface area contributed by atoms with Gasteiger partial charge < -0.3 is 16.4 Å². The van der Waals surface area contributed by atoms with Gasteiger partial charge in [-0.15, -0.1) is 0 Å². The van der Waals surface area contributed by atoms with Crippen molar-refractivity contribution in [3.63, 3.8) is 0 Å². The van der Waals surface area contributed by atoms with Crippen LogP contribution in [0.15, 0.2) is 0 Å². The number of rotatable bonds is 7. The van der Waals surface area contributed by atoms with Crippen molar-refractivity contribution in [2.75, 3.05) is 6.54 Å². The number of nitrogens with zero attached hydrogens (tertiary/aromatic N) is 1. The van der Waals surface area contributed by atoms with Gasteiger partial charge in [0.05, 0.1) is 6.54 Å². The summed E-state index contributed by atoms with van der Waals surface area (Å²) in [6.45, 7) is 5.64.